The van der Waals surface area contributed by atoms with Gasteiger partial charge in [-0.1, -0.05) is 12.0 Å². The summed E-state index contributed by atoms with van der Waals surface area (Å²) < 4.78 is 0. The monoisotopic (exact) mass is 268 g/mol. The van der Waals surface area contributed by atoms with Crippen LogP contribution in [0, 0.1) is 12.3 Å². The molecule has 2 heterocycles. The van der Waals surface area contributed by atoms with Gasteiger partial charge < -0.3 is 4.90 Å². The second kappa shape index (κ2) is 4.49. The Morgan fingerprint density at radius 2 is 2.10 bits per heavy atom. The minimum Gasteiger partial charge on any atom is -0.322 e. The summed E-state index contributed by atoms with van der Waals surface area (Å²) in [6.07, 6.45) is 5.95. The van der Waals surface area contributed by atoms with Gasteiger partial charge in [-0.25, -0.2) is 0 Å². The number of amides is 3. The molecule has 0 aromatic heterocycles. The molecular formula is C15H12N2O3. The third-order valence-corrected chi connectivity index (χ3v) is 3.69. The number of imide groups is 1. The molecule has 20 heavy (non-hydrogen) atoms. The molecule has 2 aliphatic heterocycles. The molecule has 1 N–H and O–H groups in total. The van der Waals surface area contributed by atoms with Gasteiger partial charge >= 0.3 is 0 Å². The first-order valence-electron chi connectivity index (χ1n) is 6.34. The molecule has 1 saturated heterocycles. The summed E-state index contributed by atoms with van der Waals surface area (Å²) in [5.74, 6) is 1.60. The minimum absolute atomic E-state index is 0.202. The van der Waals surface area contributed by atoms with E-state index in [1.165, 1.54) is 4.90 Å². The molecule has 1 atom stereocenters. The lowest BCUT2D eigenvalue weighted by Crippen LogP contribution is -2.52. The SMILES string of the molecule is C#Cc1ccc2c(c1)C(=O)N(C1CCC(=O)NC1=O)C2. The van der Waals surface area contributed by atoms with Crippen LogP contribution in [-0.2, 0) is 16.1 Å². The third kappa shape index (κ3) is 1.86. The molecule has 5 nitrogen and oxygen atoms in total. The van der Waals surface area contributed by atoms with Gasteiger partial charge in [0.2, 0.25) is 11.8 Å². The van der Waals surface area contributed by atoms with Crippen LogP contribution in [0.1, 0.15) is 34.3 Å². The number of carbonyl (C=O) groups is 3. The van der Waals surface area contributed by atoms with Gasteiger partial charge in [-0.15, -0.1) is 6.42 Å². The Bertz CT molecular complexity index is 672. The number of rotatable bonds is 1. The summed E-state index contributed by atoms with van der Waals surface area (Å²) in [5, 5.41) is 2.27. The smallest absolute Gasteiger partial charge is 0.255 e. The first kappa shape index (κ1) is 12.4. The van der Waals surface area contributed by atoms with Crippen LogP contribution >= 0.6 is 0 Å². The van der Waals surface area contributed by atoms with Crippen LogP contribution in [0.4, 0.5) is 0 Å². The van der Waals surface area contributed by atoms with E-state index in [0.29, 0.717) is 24.1 Å². The van der Waals surface area contributed by atoms with Gasteiger partial charge in [-0.3, -0.25) is 19.7 Å². The second-order valence-corrected chi connectivity index (χ2v) is 4.92. The van der Waals surface area contributed by atoms with Crippen molar-refractivity contribution in [2.75, 3.05) is 0 Å². The quantitative estimate of drug-likeness (QED) is 0.593. The zero-order chi connectivity index (χ0) is 14.3. The largest absolute Gasteiger partial charge is 0.322 e. The summed E-state index contributed by atoms with van der Waals surface area (Å²) in [4.78, 5) is 36.9. The van der Waals surface area contributed by atoms with Crippen LogP contribution in [0.3, 0.4) is 0 Å². The van der Waals surface area contributed by atoms with Gasteiger partial charge in [0.1, 0.15) is 6.04 Å². The molecule has 1 unspecified atom stereocenters. The van der Waals surface area contributed by atoms with Crippen LogP contribution in [-0.4, -0.2) is 28.7 Å². The average molecular weight is 268 g/mol. The summed E-state index contributed by atoms with van der Waals surface area (Å²) in [6.45, 7) is 0.380. The summed E-state index contributed by atoms with van der Waals surface area (Å²) in [7, 11) is 0. The van der Waals surface area contributed by atoms with Crippen molar-refractivity contribution in [3.05, 3.63) is 34.9 Å². The Morgan fingerprint density at radius 3 is 2.80 bits per heavy atom. The number of hydrogen-bond donors (Lipinski definition) is 1. The van der Waals surface area contributed by atoms with E-state index in [9.17, 15) is 14.4 Å². The molecule has 0 aliphatic carbocycles. The first-order chi connectivity index (χ1) is 9.60. The van der Waals surface area contributed by atoms with Crippen LogP contribution in [0.25, 0.3) is 0 Å². The fourth-order valence-corrected chi connectivity index (χ4v) is 2.64. The molecule has 2 aliphatic rings. The molecule has 100 valence electrons. The van der Waals surface area contributed by atoms with Crippen LogP contribution in [0.5, 0.6) is 0 Å². The summed E-state index contributed by atoms with van der Waals surface area (Å²) in [6, 6.07) is 4.68. The van der Waals surface area contributed by atoms with E-state index in [0.717, 1.165) is 5.56 Å². The van der Waals surface area contributed by atoms with Crippen molar-refractivity contribution in [2.45, 2.75) is 25.4 Å². The molecule has 5 heteroatoms. The van der Waals surface area contributed by atoms with Crippen molar-refractivity contribution in [3.63, 3.8) is 0 Å². The zero-order valence-electron chi connectivity index (χ0n) is 10.7. The van der Waals surface area contributed by atoms with Gasteiger partial charge in [0.25, 0.3) is 5.91 Å². The molecule has 3 rings (SSSR count). The zero-order valence-corrected chi connectivity index (χ0v) is 10.7. The molecule has 1 aromatic rings. The highest BCUT2D eigenvalue weighted by Crippen LogP contribution is 2.27. The van der Waals surface area contributed by atoms with Gasteiger partial charge in [0.05, 0.1) is 0 Å². The topological polar surface area (TPSA) is 66.5 Å². The molecule has 3 amide bonds. The summed E-state index contributed by atoms with van der Waals surface area (Å²) in [5.41, 5.74) is 2.05. The Labute approximate surface area is 115 Å². The van der Waals surface area contributed by atoms with E-state index in [-0.39, 0.29) is 18.2 Å². The Hall–Kier alpha value is -2.61. The van der Waals surface area contributed by atoms with Gasteiger partial charge in [-0.2, -0.15) is 0 Å². The van der Waals surface area contributed by atoms with Crippen molar-refractivity contribution in [3.8, 4) is 12.3 Å². The lowest BCUT2D eigenvalue weighted by Gasteiger charge is -2.29. The maximum atomic E-state index is 12.4. The predicted octanol–water partition coefficient (Wildman–Crippen LogP) is 0.429. The molecule has 1 fully saturated rings. The number of terminal acetylenes is 1. The van der Waals surface area contributed by atoms with Crippen molar-refractivity contribution in [2.24, 2.45) is 0 Å². The van der Waals surface area contributed by atoms with E-state index in [4.69, 9.17) is 6.42 Å². The minimum atomic E-state index is -0.582. The number of carbonyl (C=O) groups excluding carboxylic acids is 3. The second-order valence-electron chi connectivity index (χ2n) is 4.92. The van der Waals surface area contributed by atoms with Gasteiger partial charge in [-0.05, 0) is 24.1 Å². The van der Waals surface area contributed by atoms with Crippen LogP contribution in [0.2, 0.25) is 0 Å². The van der Waals surface area contributed by atoms with Crippen LogP contribution in [0.15, 0.2) is 18.2 Å². The Balaban J connectivity index is 1.89. The van der Waals surface area contributed by atoms with Crippen molar-refractivity contribution >= 4 is 17.7 Å². The number of fused-ring (bicyclic) bond motifs is 1. The Kier molecular flexibility index (Phi) is 2.79. The molecule has 0 spiro atoms. The lowest BCUT2D eigenvalue weighted by molar-refractivity contribution is -0.136. The maximum Gasteiger partial charge on any atom is 0.255 e. The standard InChI is InChI=1S/C15H12N2O3/c1-2-9-3-4-10-8-17(15(20)11(10)7-9)12-5-6-13(18)16-14(12)19/h1,3-4,7,12H,5-6,8H2,(H,16,18,19). The number of nitrogens with zero attached hydrogens (tertiary/aromatic N) is 1. The van der Waals surface area contributed by atoms with E-state index >= 15 is 0 Å². The highest BCUT2D eigenvalue weighted by atomic mass is 16.2. The number of piperidine rings is 1. The van der Waals surface area contributed by atoms with Gasteiger partial charge in [0.15, 0.2) is 0 Å². The van der Waals surface area contributed by atoms with Crippen LogP contribution < -0.4 is 5.32 Å². The predicted molar refractivity (Wildman–Crippen MR) is 70.4 cm³/mol. The molecular weight excluding hydrogens is 256 g/mol. The van der Waals surface area contributed by atoms with Crippen molar-refractivity contribution < 1.29 is 14.4 Å². The third-order valence-electron chi connectivity index (χ3n) is 3.69. The molecule has 1 aromatic carbocycles. The van der Waals surface area contributed by atoms with E-state index in [1.54, 1.807) is 12.1 Å². The fraction of sp³-hybridized carbons (Fsp3) is 0.267. The lowest BCUT2D eigenvalue weighted by atomic mass is 10.0. The van der Waals surface area contributed by atoms with E-state index in [2.05, 4.69) is 11.2 Å². The number of nitrogens with one attached hydrogen (secondary N) is 1. The van der Waals surface area contributed by atoms with Crippen molar-refractivity contribution in [1.29, 1.82) is 0 Å². The normalized spacial score (nSPS) is 21.4. The summed E-state index contributed by atoms with van der Waals surface area (Å²) >= 11 is 0. The van der Waals surface area contributed by atoms with E-state index < -0.39 is 11.9 Å². The average Bonchev–Trinajstić information content (AvgIpc) is 2.76. The highest BCUT2D eigenvalue weighted by Gasteiger charge is 2.38. The fourth-order valence-electron chi connectivity index (χ4n) is 2.64. The number of hydrogen-bond acceptors (Lipinski definition) is 3. The Morgan fingerprint density at radius 1 is 1.30 bits per heavy atom. The molecule has 0 saturated carbocycles. The molecule has 0 radical (unpaired) electrons. The van der Waals surface area contributed by atoms with Gasteiger partial charge in [0, 0.05) is 24.1 Å². The highest BCUT2D eigenvalue weighted by molar-refractivity contribution is 6.05. The number of benzene rings is 1. The molecule has 0 bridgehead atoms. The first-order valence-corrected chi connectivity index (χ1v) is 6.34. The maximum absolute atomic E-state index is 12.4. The van der Waals surface area contributed by atoms with Crippen molar-refractivity contribution in [1.82, 2.24) is 10.2 Å². The van der Waals surface area contributed by atoms with E-state index in [1.807, 2.05) is 6.07 Å².